The molecule has 0 spiro atoms. The second-order valence-corrected chi connectivity index (χ2v) is 7.87. The van der Waals surface area contributed by atoms with Crippen molar-refractivity contribution in [3.05, 3.63) is 36.0 Å². The monoisotopic (exact) mass is 376 g/mol. The molecule has 0 aliphatic carbocycles. The van der Waals surface area contributed by atoms with E-state index in [2.05, 4.69) is 36.1 Å². The van der Waals surface area contributed by atoms with Crippen LogP contribution in [0.25, 0.3) is 0 Å². The van der Waals surface area contributed by atoms with E-state index in [0.717, 1.165) is 61.0 Å². The highest BCUT2D eigenvalue weighted by atomic mass is 32.2. The van der Waals surface area contributed by atoms with Gasteiger partial charge in [-0.15, -0.1) is 11.3 Å². The number of aromatic nitrogens is 2. The lowest BCUT2D eigenvalue weighted by Gasteiger charge is -2.37. The number of thiazole rings is 1. The molecule has 1 aliphatic rings. The number of piperazine rings is 1. The SMILES string of the molecule is CN=C(NCCCSc1nccs1)N1CCN(c2ccccn2)CC1. The number of anilines is 1. The summed E-state index contributed by atoms with van der Waals surface area (Å²) in [6, 6.07) is 6.07. The fourth-order valence-electron chi connectivity index (χ4n) is 2.73. The Morgan fingerprint density at radius 1 is 1.24 bits per heavy atom. The van der Waals surface area contributed by atoms with Gasteiger partial charge in [0.1, 0.15) is 10.2 Å². The molecule has 0 amide bonds. The van der Waals surface area contributed by atoms with Gasteiger partial charge in [0.15, 0.2) is 5.96 Å². The third-order valence-electron chi connectivity index (χ3n) is 4.00. The number of hydrogen-bond donors (Lipinski definition) is 1. The summed E-state index contributed by atoms with van der Waals surface area (Å²) in [5.41, 5.74) is 0. The summed E-state index contributed by atoms with van der Waals surface area (Å²) in [4.78, 5) is 17.8. The second kappa shape index (κ2) is 9.62. The molecule has 3 heterocycles. The first-order chi connectivity index (χ1) is 12.4. The maximum atomic E-state index is 4.44. The average molecular weight is 377 g/mol. The Labute approximate surface area is 157 Å². The van der Waals surface area contributed by atoms with Gasteiger partial charge >= 0.3 is 0 Å². The van der Waals surface area contributed by atoms with Gasteiger partial charge < -0.3 is 15.1 Å². The summed E-state index contributed by atoms with van der Waals surface area (Å²) in [6.07, 6.45) is 4.81. The van der Waals surface area contributed by atoms with E-state index in [-0.39, 0.29) is 0 Å². The Morgan fingerprint density at radius 2 is 2.12 bits per heavy atom. The maximum Gasteiger partial charge on any atom is 0.193 e. The molecule has 0 aromatic carbocycles. The second-order valence-electron chi connectivity index (χ2n) is 5.64. The van der Waals surface area contributed by atoms with Gasteiger partial charge in [0.05, 0.1) is 0 Å². The highest BCUT2D eigenvalue weighted by Crippen LogP contribution is 2.20. The van der Waals surface area contributed by atoms with Gasteiger partial charge in [0.25, 0.3) is 0 Å². The van der Waals surface area contributed by atoms with E-state index in [9.17, 15) is 0 Å². The zero-order chi connectivity index (χ0) is 17.3. The quantitative estimate of drug-likeness (QED) is 0.362. The summed E-state index contributed by atoms with van der Waals surface area (Å²) in [5.74, 6) is 3.13. The molecule has 25 heavy (non-hydrogen) atoms. The van der Waals surface area contributed by atoms with Crippen LogP contribution in [0.3, 0.4) is 0 Å². The van der Waals surface area contributed by atoms with Gasteiger partial charge in [-0.05, 0) is 18.6 Å². The fourth-order valence-corrected chi connectivity index (χ4v) is 4.38. The van der Waals surface area contributed by atoms with Crippen molar-refractivity contribution in [1.82, 2.24) is 20.2 Å². The lowest BCUT2D eigenvalue weighted by Crippen LogP contribution is -2.52. The van der Waals surface area contributed by atoms with Crippen molar-refractivity contribution in [3.63, 3.8) is 0 Å². The summed E-state index contributed by atoms with van der Waals surface area (Å²) in [7, 11) is 1.86. The van der Waals surface area contributed by atoms with Crippen LogP contribution in [0.5, 0.6) is 0 Å². The number of nitrogens with zero attached hydrogens (tertiary/aromatic N) is 5. The molecular weight excluding hydrogens is 352 g/mol. The third kappa shape index (κ3) is 5.34. The lowest BCUT2D eigenvalue weighted by atomic mass is 10.3. The van der Waals surface area contributed by atoms with Crippen LogP contribution in [0.1, 0.15) is 6.42 Å². The Bertz CT molecular complexity index is 638. The number of thioether (sulfide) groups is 1. The molecule has 8 heteroatoms. The van der Waals surface area contributed by atoms with Gasteiger partial charge in [-0.1, -0.05) is 17.8 Å². The van der Waals surface area contributed by atoms with Gasteiger partial charge in [-0.3, -0.25) is 4.99 Å². The molecule has 1 fully saturated rings. The molecule has 134 valence electrons. The smallest absolute Gasteiger partial charge is 0.193 e. The molecule has 0 saturated carbocycles. The molecule has 0 bridgehead atoms. The van der Waals surface area contributed by atoms with Crippen molar-refractivity contribution in [2.75, 3.05) is 50.4 Å². The standard InChI is InChI=1S/C17H24N6S2/c1-18-16(20-7-4-13-24-17-21-8-14-25-17)23-11-9-22(10-12-23)15-5-2-3-6-19-15/h2-3,5-6,8,14H,4,7,9-13H2,1H3,(H,18,20). The van der Waals surface area contributed by atoms with Crippen molar-refractivity contribution in [1.29, 1.82) is 0 Å². The number of rotatable bonds is 6. The van der Waals surface area contributed by atoms with Crippen LogP contribution in [-0.2, 0) is 0 Å². The molecule has 0 radical (unpaired) electrons. The van der Waals surface area contributed by atoms with Crippen molar-refractivity contribution >= 4 is 34.9 Å². The van der Waals surface area contributed by atoms with Crippen molar-refractivity contribution < 1.29 is 0 Å². The van der Waals surface area contributed by atoms with Crippen LogP contribution in [0.15, 0.2) is 45.3 Å². The largest absolute Gasteiger partial charge is 0.356 e. The van der Waals surface area contributed by atoms with Crippen molar-refractivity contribution in [3.8, 4) is 0 Å². The number of nitrogens with one attached hydrogen (secondary N) is 1. The minimum Gasteiger partial charge on any atom is -0.356 e. The summed E-state index contributed by atoms with van der Waals surface area (Å²) in [5, 5.41) is 5.51. The van der Waals surface area contributed by atoms with Crippen LogP contribution in [0.2, 0.25) is 0 Å². The molecule has 6 nitrogen and oxygen atoms in total. The number of aliphatic imine (C=N–C) groups is 1. The zero-order valence-electron chi connectivity index (χ0n) is 14.5. The Kier molecular flexibility index (Phi) is 6.93. The molecule has 2 aromatic rings. The van der Waals surface area contributed by atoms with E-state index in [1.807, 2.05) is 48.7 Å². The van der Waals surface area contributed by atoms with Crippen LogP contribution < -0.4 is 10.2 Å². The highest BCUT2D eigenvalue weighted by molar-refractivity contribution is 8.00. The summed E-state index contributed by atoms with van der Waals surface area (Å²) < 4.78 is 1.15. The Morgan fingerprint density at radius 3 is 2.80 bits per heavy atom. The summed E-state index contributed by atoms with van der Waals surface area (Å²) >= 11 is 3.52. The number of hydrogen-bond acceptors (Lipinski definition) is 6. The molecule has 1 aliphatic heterocycles. The van der Waals surface area contributed by atoms with E-state index in [1.165, 1.54) is 0 Å². The van der Waals surface area contributed by atoms with Crippen LogP contribution in [0, 0.1) is 0 Å². The molecule has 1 saturated heterocycles. The topological polar surface area (TPSA) is 56.7 Å². The van der Waals surface area contributed by atoms with Crippen molar-refractivity contribution in [2.45, 2.75) is 10.8 Å². The first-order valence-electron chi connectivity index (χ1n) is 8.50. The molecule has 2 aromatic heterocycles. The molecule has 0 unspecified atom stereocenters. The lowest BCUT2D eigenvalue weighted by molar-refractivity contribution is 0.371. The number of pyridine rings is 1. The summed E-state index contributed by atoms with van der Waals surface area (Å²) in [6.45, 7) is 4.80. The first-order valence-corrected chi connectivity index (χ1v) is 10.4. The van der Waals surface area contributed by atoms with E-state index >= 15 is 0 Å². The minimum atomic E-state index is 0.936. The van der Waals surface area contributed by atoms with Crippen LogP contribution in [0.4, 0.5) is 5.82 Å². The van der Waals surface area contributed by atoms with Gasteiger partial charge in [-0.2, -0.15) is 0 Å². The van der Waals surface area contributed by atoms with Crippen LogP contribution >= 0.6 is 23.1 Å². The van der Waals surface area contributed by atoms with Gasteiger partial charge in [-0.25, -0.2) is 9.97 Å². The van der Waals surface area contributed by atoms with Crippen molar-refractivity contribution in [2.24, 2.45) is 4.99 Å². The molecular formula is C17H24N6S2. The highest BCUT2D eigenvalue weighted by Gasteiger charge is 2.20. The Balaban J connectivity index is 1.37. The Hall–Kier alpha value is -1.80. The molecule has 0 atom stereocenters. The van der Waals surface area contributed by atoms with Crippen LogP contribution in [-0.4, -0.2) is 66.4 Å². The van der Waals surface area contributed by atoms with Gasteiger partial charge in [0.2, 0.25) is 0 Å². The minimum absolute atomic E-state index is 0.936. The van der Waals surface area contributed by atoms with E-state index in [0.29, 0.717) is 0 Å². The third-order valence-corrected chi connectivity index (χ3v) is 6.06. The average Bonchev–Trinajstić information content (AvgIpc) is 3.19. The van der Waals surface area contributed by atoms with Gasteiger partial charge in [0, 0.05) is 63.3 Å². The zero-order valence-corrected chi connectivity index (χ0v) is 16.1. The van der Waals surface area contributed by atoms with E-state index in [1.54, 1.807) is 11.3 Å². The van der Waals surface area contributed by atoms with E-state index in [4.69, 9.17) is 0 Å². The maximum absolute atomic E-state index is 4.44. The normalized spacial score (nSPS) is 15.5. The first kappa shape index (κ1) is 18.0. The fraction of sp³-hybridized carbons (Fsp3) is 0.471. The molecule has 3 rings (SSSR count). The predicted octanol–water partition coefficient (Wildman–Crippen LogP) is 2.42. The predicted molar refractivity (Wildman–Crippen MR) is 107 cm³/mol. The number of guanidine groups is 1. The van der Waals surface area contributed by atoms with E-state index < -0.39 is 0 Å². The molecule has 1 N–H and O–H groups in total.